The summed E-state index contributed by atoms with van der Waals surface area (Å²) in [5.74, 6) is -0.190. The molecule has 0 heterocycles. The van der Waals surface area contributed by atoms with Gasteiger partial charge < -0.3 is 4.18 Å². The van der Waals surface area contributed by atoms with Gasteiger partial charge >= 0.3 is 49.5 Å². The molecule has 0 amide bonds. The first-order chi connectivity index (χ1) is 9.33. The summed E-state index contributed by atoms with van der Waals surface area (Å²) in [6, 6.07) is 0. The first-order valence-electron chi connectivity index (χ1n) is 4.30. The first-order valence-corrected chi connectivity index (χ1v) is 5.71. The normalized spacial score (nSPS) is 12.1. The summed E-state index contributed by atoms with van der Waals surface area (Å²) in [5, 5.41) is 0. The van der Waals surface area contributed by atoms with Crippen molar-refractivity contribution >= 4 is 10.1 Å². The summed E-state index contributed by atoms with van der Waals surface area (Å²) in [6.45, 7) is 13.5. The van der Waals surface area contributed by atoms with E-state index in [9.17, 15) is 21.6 Å². The SMILES string of the molecule is O=S(=O)(OC1=CC=CCC1)C(F)(F)F.[C-]#[O+].[C-]#[O+].[C-]#[O+].[Fe]. The van der Waals surface area contributed by atoms with Crippen molar-refractivity contribution in [1.82, 2.24) is 0 Å². The van der Waals surface area contributed by atoms with Gasteiger partial charge in [-0.15, -0.1) is 0 Å². The predicted molar refractivity (Wildman–Crippen MR) is 54.3 cm³/mol. The number of alkyl halides is 3. The minimum absolute atomic E-state index is 0. The van der Waals surface area contributed by atoms with Gasteiger partial charge in [-0.1, -0.05) is 12.2 Å². The van der Waals surface area contributed by atoms with E-state index in [1.54, 1.807) is 6.08 Å². The average Bonchev–Trinajstić information content (AvgIpc) is 2.45. The minimum Gasteiger partial charge on any atom is 0 e. The molecule has 0 bridgehead atoms. The Labute approximate surface area is 129 Å². The van der Waals surface area contributed by atoms with Gasteiger partial charge in [-0.25, -0.2) is 0 Å². The molecule has 0 spiro atoms. The topological polar surface area (TPSA) is 103 Å². The zero-order valence-electron chi connectivity index (χ0n) is 9.99. The number of allylic oxidation sites excluding steroid dienone is 4. The summed E-state index contributed by atoms with van der Waals surface area (Å²) in [5.41, 5.74) is -5.37. The fourth-order valence-electron chi connectivity index (χ4n) is 0.838. The van der Waals surface area contributed by atoms with Crippen LogP contribution in [0.15, 0.2) is 24.0 Å². The molecule has 0 aromatic carbocycles. The second-order valence-electron chi connectivity index (χ2n) is 2.58. The van der Waals surface area contributed by atoms with Crippen molar-refractivity contribution < 1.29 is 56.8 Å². The molecule has 0 fully saturated rings. The van der Waals surface area contributed by atoms with Crippen LogP contribution in [0.4, 0.5) is 13.2 Å². The van der Waals surface area contributed by atoms with Crippen molar-refractivity contribution in [2.75, 3.05) is 0 Å². The third-order valence-electron chi connectivity index (χ3n) is 1.48. The van der Waals surface area contributed by atoms with Gasteiger partial charge in [-0.05, 0) is 12.5 Å². The van der Waals surface area contributed by atoms with E-state index in [-0.39, 0.29) is 29.2 Å². The van der Waals surface area contributed by atoms with E-state index in [4.69, 9.17) is 14.0 Å². The molecular formula is C10H7F3FeO6S. The molecular weight excluding hydrogens is 361 g/mol. The van der Waals surface area contributed by atoms with E-state index in [1.807, 2.05) is 0 Å². The van der Waals surface area contributed by atoms with Crippen LogP contribution >= 0.6 is 0 Å². The smallest absolute Gasteiger partial charge is 0 e. The molecule has 0 saturated carbocycles. The Morgan fingerprint density at radius 2 is 1.52 bits per heavy atom. The molecule has 0 aromatic heterocycles. The summed E-state index contributed by atoms with van der Waals surface area (Å²) in [7, 11) is -5.50. The van der Waals surface area contributed by atoms with E-state index < -0.39 is 15.6 Å². The van der Waals surface area contributed by atoms with Crippen molar-refractivity contribution in [3.05, 3.63) is 43.9 Å². The molecule has 0 aliphatic heterocycles. The van der Waals surface area contributed by atoms with Crippen LogP contribution in [0.25, 0.3) is 0 Å². The molecule has 0 N–H and O–H groups in total. The monoisotopic (exact) mass is 368 g/mol. The van der Waals surface area contributed by atoms with Crippen molar-refractivity contribution in [3.63, 3.8) is 0 Å². The van der Waals surface area contributed by atoms with Crippen LogP contribution in [0.2, 0.25) is 0 Å². The summed E-state index contributed by atoms with van der Waals surface area (Å²) in [6.07, 6.45) is 4.98. The van der Waals surface area contributed by atoms with Crippen molar-refractivity contribution in [3.8, 4) is 0 Å². The van der Waals surface area contributed by atoms with Crippen LogP contribution in [0.1, 0.15) is 12.8 Å². The molecule has 0 radical (unpaired) electrons. The standard InChI is InChI=1S/C7H7F3O3S.3CO.Fe/c8-7(9,10)14(11,12)13-6-4-2-1-3-5-6;3*1-2;/h1-2,4H,3,5H2;;;;. The second-order valence-corrected chi connectivity index (χ2v) is 4.12. The van der Waals surface area contributed by atoms with Crippen LogP contribution in [-0.4, -0.2) is 13.9 Å². The van der Waals surface area contributed by atoms with Gasteiger partial charge in [-0.2, -0.15) is 21.6 Å². The molecule has 0 saturated heterocycles. The maximum absolute atomic E-state index is 11.8. The number of halogens is 3. The van der Waals surface area contributed by atoms with E-state index in [1.165, 1.54) is 12.2 Å². The molecule has 1 rings (SSSR count). The largest absolute Gasteiger partial charge is 0 e. The van der Waals surface area contributed by atoms with E-state index in [2.05, 4.69) is 24.1 Å². The maximum Gasteiger partial charge on any atom is 0 e. The Kier molecular flexibility index (Phi) is 20.2. The Morgan fingerprint density at radius 3 is 1.81 bits per heavy atom. The number of rotatable bonds is 2. The third-order valence-corrected chi connectivity index (χ3v) is 2.48. The van der Waals surface area contributed by atoms with E-state index in [0.717, 1.165) is 0 Å². The third kappa shape index (κ3) is 12.2. The molecule has 0 unspecified atom stereocenters. The second kappa shape index (κ2) is 15.2. The van der Waals surface area contributed by atoms with Gasteiger partial charge in [0, 0.05) is 23.5 Å². The molecule has 1 aliphatic rings. The summed E-state index contributed by atoms with van der Waals surface area (Å²) >= 11 is 0. The van der Waals surface area contributed by atoms with Crippen molar-refractivity contribution in [2.45, 2.75) is 18.3 Å². The van der Waals surface area contributed by atoms with Crippen molar-refractivity contribution in [1.29, 1.82) is 0 Å². The maximum atomic E-state index is 11.8. The van der Waals surface area contributed by atoms with Crippen molar-refractivity contribution in [2.24, 2.45) is 0 Å². The van der Waals surface area contributed by atoms with Crippen LogP contribution in [0.5, 0.6) is 0 Å². The van der Waals surface area contributed by atoms with Gasteiger partial charge in [0.15, 0.2) is 0 Å². The van der Waals surface area contributed by atoms with Crippen LogP contribution in [0, 0.1) is 20.0 Å². The zero-order valence-corrected chi connectivity index (χ0v) is 11.9. The summed E-state index contributed by atoms with van der Waals surface area (Å²) < 4.78 is 82.9. The molecule has 6 nitrogen and oxygen atoms in total. The first kappa shape index (κ1) is 28.0. The van der Waals surface area contributed by atoms with Gasteiger partial charge in [0.2, 0.25) is 0 Å². The average molecular weight is 368 g/mol. The predicted octanol–water partition coefficient (Wildman–Crippen LogP) is 1.97. The molecule has 0 atom stereocenters. The van der Waals surface area contributed by atoms with Gasteiger partial charge in [0.1, 0.15) is 5.76 Å². The fraction of sp³-hybridized carbons (Fsp3) is 0.300. The summed E-state index contributed by atoms with van der Waals surface area (Å²) in [4.78, 5) is 0. The molecule has 21 heavy (non-hydrogen) atoms. The Hall–Kier alpha value is -1.24. The van der Waals surface area contributed by atoms with Crippen LogP contribution in [-0.2, 0) is 45.3 Å². The minimum atomic E-state index is -5.50. The quantitative estimate of drug-likeness (QED) is 0.245. The zero-order chi connectivity index (χ0) is 16.8. The fourth-order valence-corrected chi connectivity index (χ4v) is 1.35. The van der Waals surface area contributed by atoms with Gasteiger partial charge in [0.25, 0.3) is 0 Å². The Bertz CT molecular complexity index is 473. The Balaban J connectivity index is -0.000000183. The van der Waals surface area contributed by atoms with Gasteiger partial charge in [0.05, 0.1) is 0 Å². The Morgan fingerprint density at radius 1 is 1.10 bits per heavy atom. The molecule has 11 heteroatoms. The van der Waals surface area contributed by atoms with Crippen LogP contribution in [0.3, 0.4) is 0 Å². The van der Waals surface area contributed by atoms with Gasteiger partial charge in [-0.3, -0.25) is 0 Å². The molecule has 118 valence electrons. The number of hydrogen-bond donors (Lipinski definition) is 0. The molecule has 1 aliphatic carbocycles. The molecule has 0 aromatic rings. The van der Waals surface area contributed by atoms with E-state index >= 15 is 0 Å². The van der Waals surface area contributed by atoms with Crippen LogP contribution < -0.4 is 0 Å². The van der Waals surface area contributed by atoms with E-state index in [0.29, 0.717) is 6.42 Å². The number of hydrogen-bond acceptors (Lipinski definition) is 3.